The normalized spacial score (nSPS) is 34.2. The minimum Gasteiger partial charge on any atom is -0.454 e. The number of hydrogen-bond donors (Lipinski definition) is 1. The predicted molar refractivity (Wildman–Crippen MR) is 86.6 cm³/mol. The van der Waals surface area contributed by atoms with Gasteiger partial charge >= 0.3 is 5.97 Å². The van der Waals surface area contributed by atoms with Gasteiger partial charge in [-0.05, 0) is 31.3 Å². The Hall–Kier alpha value is -2.74. The molecule has 24 heavy (non-hydrogen) atoms. The molecular weight excluding hydrogens is 304 g/mol. The molecule has 2 heterocycles. The zero-order valence-electron chi connectivity index (χ0n) is 13.1. The zero-order chi connectivity index (χ0) is 16.7. The van der Waals surface area contributed by atoms with Gasteiger partial charge < -0.3 is 15.2 Å². The maximum Gasteiger partial charge on any atom is 0.338 e. The molecule has 0 aromatic rings. The zero-order valence-corrected chi connectivity index (χ0v) is 13.1. The molecule has 2 aliphatic carbocycles. The summed E-state index contributed by atoms with van der Waals surface area (Å²) in [6.07, 6.45) is 14.3. The van der Waals surface area contributed by atoms with Crippen LogP contribution in [0.5, 0.6) is 0 Å². The molecule has 5 nitrogen and oxygen atoms in total. The van der Waals surface area contributed by atoms with Crippen LogP contribution in [0.25, 0.3) is 0 Å². The lowest BCUT2D eigenvalue weighted by Crippen LogP contribution is -2.41. The number of hydrogen-bond acceptors (Lipinski definition) is 5. The maximum atomic E-state index is 12.7. The molecule has 0 spiro atoms. The number of rotatable bonds is 1. The number of fused-ring (bicyclic) bond motifs is 2. The van der Waals surface area contributed by atoms with Crippen LogP contribution >= 0.6 is 0 Å². The summed E-state index contributed by atoms with van der Waals surface area (Å²) < 4.78 is 11.4. The Morgan fingerprint density at radius 3 is 2.83 bits per heavy atom. The highest BCUT2D eigenvalue weighted by Gasteiger charge is 2.47. The van der Waals surface area contributed by atoms with Crippen LogP contribution in [-0.2, 0) is 14.3 Å². The molecule has 0 saturated heterocycles. The molecule has 0 aromatic carbocycles. The molecule has 4 atom stereocenters. The summed E-state index contributed by atoms with van der Waals surface area (Å²) in [7, 11) is 0. The third-order valence-corrected chi connectivity index (χ3v) is 5.06. The third kappa shape index (κ3) is 2.18. The van der Waals surface area contributed by atoms with Gasteiger partial charge in [-0.3, -0.25) is 0 Å². The van der Waals surface area contributed by atoms with E-state index in [0.29, 0.717) is 16.9 Å². The van der Waals surface area contributed by atoms with Crippen LogP contribution in [0, 0.1) is 29.1 Å². The summed E-state index contributed by atoms with van der Waals surface area (Å²) in [5.74, 6) is -0.267. The van der Waals surface area contributed by atoms with Crippen molar-refractivity contribution < 1.29 is 14.3 Å². The van der Waals surface area contributed by atoms with E-state index >= 15 is 0 Å². The number of nitrogens with two attached hydrogens (primary N) is 1. The summed E-state index contributed by atoms with van der Waals surface area (Å²) in [5.41, 5.74) is 6.83. The van der Waals surface area contributed by atoms with Crippen molar-refractivity contribution in [1.29, 1.82) is 5.26 Å². The fourth-order valence-electron chi connectivity index (χ4n) is 3.95. The predicted octanol–water partition coefficient (Wildman–Crippen LogP) is 2.60. The van der Waals surface area contributed by atoms with Crippen molar-refractivity contribution in [2.45, 2.75) is 25.4 Å². The third-order valence-electron chi connectivity index (χ3n) is 5.06. The van der Waals surface area contributed by atoms with Gasteiger partial charge in [-0.15, -0.1) is 0 Å². The second kappa shape index (κ2) is 5.72. The van der Waals surface area contributed by atoms with Gasteiger partial charge in [0.25, 0.3) is 0 Å². The quantitative estimate of drug-likeness (QED) is 0.592. The van der Waals surface area contributed by atoms with E-state index in [1.165, 1.54) is 0 Å². The number of ether oxygens (including phenoxy) is 2. The summed E-state index contributed by atoms with van der Waals surface area (Å²) in [6.45, 7) is 0. The largest absolute Gasteiger partial charge is 0.454 e. The number of esters is 1. The van der Waals surface area contributed by atoms with E-state index in [1.807, 2.05) is 24.3 Å². The molecule has 0 radical (unpaired) electrons. The number of carbonyl (C=O) groups excluding carboxylic acids is 1. The van der Waals surface area contributed by atoms with Crippen molar-refractivity contribution in [3.63, 3.8) is 0 Å². The van der Waals surface area contributed by atoms with Crippen LogP contribution in [0.4, 0.5) is 0 Å². The molecule has 0 unspecified atom stereocenters. The lowest BCUT2D eigenvalue weighted by atomic mass is 9.72. The van der Waals surface area contributed by atoms with Crippen molar-refractivity contribution in [2.24, 2.45) is 23.5 Å². The lowest BCUT2D eigenvalue weighted by Gasteiger charge is -2.39. The Morgan fingerprint density at radius 1 is 1.25 bits per heavy atom. The van der Waals surface area contributed by atoms with E-state index in [1.54, 1.807) is 0 Å². The standard InChI is InChI=1S/C19H18N2O3/c20-10-13-15(11-6-2-1-3-7-11)16-17(24-18(13)21)12-8-4-5-9-14(12)23-19(16)22/h2,4-6,8-9,11-12,14-15H,1,3,7,21H2/t11-,12-,14+,15+/m0/s1. The minimum atomic E-state index is -0.407. The van der Waals surface area contributed by atoms with Gasteiger partial charge in [-0.2, -0.15) is 5.26 Å². The first-order valence-electron chi connectivity index (χ1n) is 8.25. The highest BCUT2D eigenvalue weighted by atomic mass is 16.6. The van der Waals surface area contributed by atoms with Gasteiger partial charge in [0.1, 0.15) is 17.9 Å². The Kier molecular flexibility index (Phi) is 3.53. The molecule has 2 aliphatic heterocycles. The van der Waals surface area contributed by atoms with E-state index in [0.717, 1.165) is 19.3 Å². The van der Waals surface area contributed by atoms with E-state index in [2.05, 4.69) is 18.2 Å². The molecule has 2 N–H and O–H groups in total. The number of nitriles is 1. The Morgan fingerprint density at radius 2 is 2.08 bits per heavy atom. The van der Waals surface area contributed by atoms with Crippen LogP contribution in [-0.4, -0.2) is 12.1 Å². The van der Waals surface area contributed by atoms with Crippen LogP contribution < -0.4 is 5.73 Å². The van der Waals surface area contributed by atoms with E-state index in [-0.39, 0.29) is 29.7 Å². The monoisotopic (exact) mass is 322 g/mol. The number of nitrogens with zero attached hydrogens (tertiary/aromatic N) is 1. The van der Waals surface area contributed by atoms with Gasteiger partial charge in [0.05, 0.1) is 17.1 Å². The molecule has 0 fully saturated rings. The SMILES string of the molecule is N#CC1=C(N)OC2=C(C(=O)O[C@@H]3C=CC=C[C@H]23)[C@@H]1[C@H]1C=CCCC1. The van der Waals surface area contributed by atoms with Gasteiger partial charge in [0.15, 0.2) is 0 Å². The molecule has 4 rings (SSSR count). The van der Waals surface area contributed by atoms with Crippen LogP contribution in [0.15, 0.2) is 59.2 Å². The van der Waals surface area contributed by atoms with Crippen molar-refractivity contribution in [3.8, 4) is 6.07 Å². The molecule has 4 aliphatic rings. The van der Waals surface area contributed by atoms with Crippen molar-refractivity contribution >= 4 is 5.97 Å². The Labute approximate surface area is 140 Å². The van der Waals surface area contributed by atoms with Gasteiger partial charge in [-0.1, -0.05) is 30.4 Å². The first-order valence-corrected chi connectivity index (χ1v) is 8.25. The average molecular weight is 322 g/mol. The summed E-state index contributed by atoms with van der Waals surface area (Å²) in [4.78, 5) is 12.7. The molecule has 5 heteroatoms. The van der Waals surface area contributed by atoms with Crippen molar-refractivity contribution in [2.75, 3.05) is 0 Å². The first kappa shape index (κ1) is 14.8. The second-order valence-corrected chi connectivity index (χ2v) is 6.44. The smallest absolute Gasteiger partial charge is 0.338 e. The fraction of sp³-hybridized carbons (Fsp3) is 0.368. The Balaban J connectivity index is 1.84. The van der Waals surface area contributed by atoms with E-state index < -0.39 is 5.97 Å². The lowest BCUT2D eigenvalue weighted by molar-refractivity contribution is -0.147. The molecule has 0 bridgehead atoms. The van der Waals surface area contributed by atoms with Gasteiger partial charge in [0.2, 0.25) is 5.88 Å². The summed E-state index contributed by atoms with van der Waals surface area (Å²) in [5, 5.41) is 9.58. The van der Waals surface area contributed by atoms with Crippen LogP contribution in [0.1, 0.15) is 19.3 Å². The molecule has 122 valence electrons. The van der Waals surface area contributed by atoms with E-state index in [9.17, 15) is 10.1 Å². The summed E-state index contributed by atoms with van der Waals surface area (Å²) >= 11 is 0. The fourth-order valence-corrected chi connectivity index (χ4v) is 3.95. The van der Waals surface area contributed by atoms with Crippen LogP contribution in [0.3, 0.4) is 0 Å². The van der Waals surface area contributed by atoms with Gasteiger partial charge in [0, 0.05) is 5.92 Å². The van der Waals surface area contributed by atoms with E-state index in [4.69, 9.17) is 15.2 Å². The molecule has 0 aromatic heterocycles. The Bertz CT molecular complexity index is 779. The topological polar surface area (TPSA) is 85.3 Å². The minimum absolute atomic E-state index is 0.0630. The van der Waals surface area contributed by atoms with Crippen molar-refractivity contribution in [3.05, 3.63) is 59.2 Å². The van der Waals surface area contributed by atoms with Gasteiger partial charge in [-0.25, -0.2) is 4.79 Å². The number of carbonyl (C=O) groups is 1. The molecule has 0 saturated carbocycles. The first-order chi connectivity index (χ1) is 11.7. The van der Waals surface area contributed by atoms with Crippen molar-refractivity contribution in [1.82, 2.24) is 0 Å². The highest BCUT2D eigenvalue weighted by Crippen LogP contribution is 2.46. The van der Waals surface area contributed by atoms with Crippen LogP contribution in [0.2, 0.25) is 0 Å². The second-order valence-electron chi connectivity index (χ2n) is 6.44. The summed E-state index contributed by atoms with van der Waals surface area (Å²) in [6, 6.07) is 2.15. The number of allylic oxidation sites excluding steroid dienone is 5. The molecular formula is C19H18N2O3. The average Bonchev–Trinajstić information content (AvgIpc) is 2.61. The highest BCUT2D eigenvalue weighted by molar-refractivity contribution is 5.92. The molecule has 0 amide bonds. The maximum absolute atomic E-state index is 12.7.